The maximum Gasteiger partial charge on any atom is 0.240 e. The van der Waals surface area contributed by atoms with E-state index in [-0.39, 0.29) is 18.2 Å². The fourth-order valence-corrected chi connectivity index (χ4v) is 3.24. The number of nitrogens with zero attached hydrogens (tertiary/aromatic N) is 2. The topological polar surface area (TPSA) is 82.9 Å². The third-order valence-electron chi connectivity index (χ3n) is 3.70. The normalized spacial score (nSPS) is 18.2. The minimum atomic E-state index is -0.512. The molecule has 1 saturated heterocycles. The van der Waals surface area contributed by atoms with Gasteiger partial charge in [-0.25, -0.2) is 0 Å². The first-order valence-corrected chi connectivity index (χ1v) is 9.35. The molecule has 8 heteroatoms. The van der Waals surface area contributed by atoms with E-state index in [9.17, 15) is 9.59 Å². The van der Waals surface area contributed by atoms with Crippen LogP contribution in [0.1, 0.15) is 38.7 Å². The molecule has 1 aromatic carbocycles. The second-order valence-electron chi connectivity index (χ2n) is 5.59. The Labute approximate surface area is 156 Å². The molecule has 1 fully saturated rings. The molecule has 1 aliphatic heterocycles. The van der Waals surface area contributed by atoms with Crippen molar-refractivity contribution in [3.63, 3.8) is 0 Å². The van der Waals surface area contributed by atoms with Crippen LogP contribution in [0, 0.1) is 6.92 Å². The molecule has 2 rings (SSSR count). The van der Waals surface area contributed by atoms with E-state index in [0.29, 0.717) is 15.9 Å². The molecule has 0 aliphatic carbocycles. The van der Waals surface area contributed by atoms with Crippen molar-refractivity contribution < 1.29 is 9.59 Å². The summed E-state index contributed by atoms with van der Waals surface area (Å²) in [5, 5.41) is 14.1. The third kappa shape index (κ3) is 5.57. The van der Waals surface area contributed by atoms with E-state index in [0.717, 1.165) is 24.1 Å². The molecule has 1 atom stereocenters. The van der Waals surface area contributed by atoms with Crippen molar-refractivity contribution in [2.75, 3.05) is 5.32 Å². The molecular weight excluding hydrogens is 360 g/mol. The van der Waals surface area contributed by atoms with Crippen LogP contribution >= 0.6 is 23.4 Å². The first kappa shape index (κ1) is 19.5. The Hall–Kier alpha value is -1.86. The van der Waals surface area contributed by atoms with Gasteiger partial charge < -0.3 is 10.6 Å². The first-order valence-electron chi connectivity index (χ1n) is 8.09. The van der Waals surface area contributed by atoms with Gasteiger partial charge in [-0.05, 0) is 37.5 Å². The summed E-state index contributed by atoms with van der Waals surface area (Å²) in [6, 6.07) is 5.30. The van der Waals surface area contributed by atoms with Crippen LogP contribution in [-0.4, -0.2) is 27.9 Å². The number of hydrogen-bond donors (Lipinski definition) is 2. The van der Waals surface area contributed by atoms with Gasteiger partial charge in [-0.15, -0.1) is 5.10 Å². The van der Waals surface area contributed by atoms with Crippen LogP contribution in [0.25, 0.3) is 0 Å². The highest BCUT2D eigenvalue weighted by molar-refractivity contribution is 8.15. The van der Waals surface area contributed by atoms with Crippen molar-refractivity contribution in [1.82, 2.24) is 5.32 Å². The smallest absolute Gasteiger partial charge is 0.240 e. The molecule has 0 radical (unpaired) electrons. The minimum absolute atomic E-state index is 0.0547. The van der Waals surface area contributed by atoms with E-state index >= 15 is 0 Å². The van der Waals surface area contributed by atoms with Crippen LogP contribution in [-0.2, 0) is 9.59 Å². The molecule has 134 valence electrons. The zero-order valence-corrected chi connectivity index (χ0v) is 16.0. The maximum absolute atomic E-state index is 12.2. The van der Waals surface area contributed by atoms with Gasteiger partial charge in [0, 0.05) is 22.8 Å². The number of carbonyl (C=O) groups is 2. The minimum Gasteiger partial charge on any atom is -0.326 e. The van der Waals surface area contributed by atoms with Crippen LogP contribution in [0.4, 0.5) is 5.69 Å². The van der Waals surface area contributed by atoms with Gasteiger partial charge in [0.05, 0.1) is 0 Å². The van der Waals surface area contributed by atoms with E-state index in [1.165, 1.54) is 11.8 Å². The zero-order valence-electron chi connectivity index (χ0n) is 14.4. The average molecular weight is 381 g/mol. The number of aryl methyl sites for hydroxylation is 1. The van der Waals surface area contributed by atoms with Gasteiger partial charge in [0.15, 0.2) is 5.17 Å². The molecular formula is C17H21ClN4O2S. The highest BCUT2D eigenvalue weighted by Gasteiger charge is 2.32. The van der Waals surface area contributed by atoms with Crippen molar-refractivity contribution in [1.29, 1.82) is 0 Å². The number of nitrogens with one attached hydrogen (secondary N) is 2. The number of thioether (sulfide) groups is 1. The Morgan fingerprint density at radius 3 is 2.72 bits per heavy atom. The summed E-state index contributed by atoms with van der Waals surface area (Å²) in [6.07, 6.45) is 1.69. The Balaban J connectivity index is 1.95. The van der Waals surface area contributed by atoms with Gasteiger partial charge >= 0.3 is 0 Å². The van der Waals surface area contributed by atoms with Gasteiger partial charge in [0.2, 0.25) is 11.8 Å². The van der Waals surface area contributed by atoms with E-state index in [1.807, 2.05) is 26.8 Å². The maximum atomic E-state index is 12.2. The fraction of sp³-hybridized carbons (Fsp3) is 0.412. The lowest BCUT2D eigenvalue weighted by atomic mass is 10.2. The van der Waals surface area contributed by atoms with E-state index in [2.05, 4.69) is 20.8 Å². The molecule has 2 N–H and O–H groups in total. The number of benzene rings is 1. The molecule has 0 saturated carbocycles. The van der Waals surface area contributed by atoms with Crippen molar-refractivity contribution >= 4 is 51.7 Å². The highest BCUT2D eigenvalue weighted by atomic mass is 35.5. The Morgan fingerprint density at radius 1 is 1.36 bits per heavy atom. The van der Waals surface area contributed by atoms with Crippen LogP contribution in [0.2, 0.25) is 5.02 Å². The number of anilines is 1. The highest BCUT2D eigenvalue weighted by Crippen LogP contribution is 2.24. The lowest BCUT2D eigenvalue weighted by molar-refractivity contribution is -0.122. The zero-order chi connectivity index (χ0) is 18.4. The van der Waals surface area contributed by atoms with Crippen LogP contribution in [0.15, 0.2) is 28.4 Å². The molecule has 1 unspecified atom stereocenters. The SMILES string of the molecule is CCC(CC)=N/N=C1/NC(=O)C(CC(=O)Nc2ccc(C)c(Cl)c2)S1. The van der Waals surface area contributed by atoms with E-state index in [1.54, 1.807) is 12.1 Å². The average Bonchev–Trinajstić information content (AvgIpc) is 2.91. The summed E-state index contributed by atoms with van der Waals surface area (Å²) in [4.78, 5) is 24.2. The number of amidine groups is 1. The molecule has 0 spiro atoms. The van der Waals surface area contributed by atoms with Crippen molar-refractivity contribution in [2.24, 2.45) is 10.2 Å². The molecule has 0 bridgehead atoms. The van der Waals surface area contributed by atoms with Gasteiger partial charge in [-0.1, -0.05) is 43.3 Å². The van der Waals surface area contributed by atoms with Gasteiger partial charge in [0.25, 0.3) is 0 Å². The Bertz CT molecular complexity index is 727. The van der Waals surface area contributed by atoms with Gasteiger partial charge in [0.1, 0.15) is 5.25 Å². The number of amides is 2. The summed E-state index contributed by atoms with van der Waals surface area (Å²) in [5.41, 5.74) is 2.50. The van der Waals surface area contributed by atoms with Crippen LogP contribution < -0.4 is 10.6 Å². The predicted octanol–water partition coefficient (Wildman–Crippen LogP) is 3.74. The standard InChI is InChI=1S/C17H21ClN4O2S/c1-4-11(5-2)21-22-17-20-16(24)14(25-17)9-15(23)19-12-7-6-10(3)13(18)8-12/h6-8,14H,4-5,9H2,1-3H3,(H,19,23)(H,20,22,24). The van der Waals surface area contributed by atoms with Crippen molar-refractivity contribution in [3.05, 3.63) is 28.8 Å². The number of carbonyl (C=O) groups excluding carboxylic acids is 2. The summed E-state index contributed by atoms with van der Waals surface area (Å²) in [7, 11) is 0. The van der Waals surface area contributed by atoms with Crippen LogP contribution in [0.5, 0.6) is 0 Å². The summed E-state index contributed by atoms with van der Waals surface area (Å²) in [6.45, 7) is 5.90. The third-order valence-corrected chi connectivity index (χ3v) is 5.18. The van der Waals surface area contributed by atoms with E-state index < -0.39 is 5.25 Å². The summed E-state index contributed by atoms with van der Waals surface area (Å²) >= 11 is 7.27. The van der Waals surface area contributed by atoms with Gasteiger partial charge in [-0.3, -0.25) is 9.59 Å². The first-order chi connectivity index (χ1) is 11.9. The molecule has 6 nitrogen and oxygen atoms in total. The molecule has 1 heterocycles. The molecule has 25 heavy (non-hydrogen) atoms. The lowest BCUT2D eigenvalue weighted by Gasteiger charge is -2.08. The van der Waals surface area contributed by atoms with E-state index in [4.69, 9.17) is 11.6 Å². The fourth-order valence-electron chi connectivity index (χ4n) is 2.15. The largest absolute Gasteiger partial charge is 0.326 e. The monoisotopic (exact) mass is 380 g/mol. The van der Waals surface area contributed by atoms with Crippen molar-refractivity contribution in [3.8, 4) is 0 Å². The van der Waals surface area contributed by atoms with Crippen LogP contribution in [0.3, 0.4) is 0 Å². The lowest BCUT2D eigenvalue weighted by Crippen LogP contribution is -2.28. The molecule has 1 aliphatic rings. The summed E-state index contributed by atoms with van der Waals surface area (Å²) < 4.78 is 0. The van der Waals surface area contributed by atoms with Gasteiger partial charge in [-0.2, -0.15) is 5.10 Å². The molecule has 0 aromatic heterocycles. The molecule has 1 aromatic rings. The Kier molecular flexibility index (Phi) is 7.01. The quantitative estimate of drug-likeness (QED) is 0.582. The second kappa shape index (κ2) is 9.01. The number of hydrogen-bond acceptors (Lipinski definition) is 5. The number of halogens is 1. The predicted molar refractivity (Wildman–Crippen MR) is 104 cm³/mol. The summed E-state index contributed by atoms with van der Waals surface area (Å²) in [5.74, 6) is -0.481. The van der Waals surface area contributed by atoms with Crippen molar-refractivity contribution in [2.45, 2.75) is 45.3 Å². The second-order valence-corrected chi connectivity index (χ2v) is 7.19. The number of rotatable bonds is 6. The molecule has 2 amide bonds. The Morgan fingerprint density at radius 2 is 2.08 bits per heavy atom.